The van der Waals surface area contributed by atoms with E-state index in [1.807, 2.05) is 0 Å². The van der Waals surface area contributed by atoms with Gasteiger partial charge in [-0.25, -0.2) is 4.79 Å². The van der Waals surface area contributed by atoms with E-state index in [9.17, 15) is 4.79 Å². The molecule has 0 aromatic heterocycles. The Kier molecular flexibility index (Phi) is 3.46. The topological polar surface area (TPSA) is 29.4 Å². The fourth-order valence-electron chi connectivity index (χ4n) is 0.281. The minimum atomic E-state index is 0.556. The summed E-state index contributed by atoms with van der Waals surface area (Å²) in [6, 6.07) is 0. The molecule has 0 amide bonds. The lowest BCUT2D eigenvalue weighted by Gasteiger charge is -1.79. The van der Waals surface area contributed by atoms with E-state index in [1.165, 1.54) is 12.2 Å². The lowest BCUT2D eigenvalue weighted by atomic mass is 10.4. The second-order valence-corrected chi connectivity index (χ2v) is 1.12. The van der Waals surface area contributed by atoms with Crippen LogP contribution in [0.3, 0.4) is 0 Å². The zero-order chi connectivity index (χ0) is 6.41. The molecule has 8 heavy (non-hydrogen) atoms. The van der Waals surface area contributed by atoms with E-state index in [-0.39, 0.29) is 0 Å². The van der Waals surface area contributed by atoms with Crippen LogP contribution in [0.4, 0.5) is 0 Å². The molecule has 0 aliphatic carbocycles. The number of hydrogen-bond donors (Lipinski definition) is 0. The van der Waals surface area contributed by atoms with Gasteiger partial charge in [0.25, 0.3) is 0 Å². The van der Waals surface area contributed by atoms with E-state index in [2.05, 4.69) is 11.6 Å². The van der Waals surface area contributed by atoms with E-state index >= 15 is 0 Å². The fraction of sp³-hybridized carbons (Fsp3) is 0.167. The van der Waals surface area contributed by atoms with E-state index in [0.29, 0.717) is 5.70 Å². The molecule has 0 aliphatic rings. The van der Waals surface area contributed by atoms with Gasteiger partial charge in [-0.3, -0.25) is 0 Å². The largest absolute Gasteiger partial charge is 0.240 e. The molecule has 0 unspecified atom stereocenters. The predicted octanol–water partition coefficient (Wildman–Crippen LogP) is 1.41. The van der Waals surface area contributed by atoms with Crippen molar-refractivity contribution in [2.75, 3.05) is 0 Å². The van der Waals surface area contributed by atoms with Gasteiger partial charge in [-0.05, 0) is 13.0 Å². The SMILES string of the molecule is C=C/C(=C\C)N=C=O. The van der Waals surface area contributed by atoms with Crippen LogP contribution in [-0.4, -0.2) is 6.08 Å². The third-order valence-corrected chi connectivity index (χ3v) is 0.680. The molecule has 0 aromatic rings. The minimum Gasteiger partial charge on any atom is -0.211 e. The van der Waals surface area contributed by atoms with E-state index in [0.717, 1.165) is 0 Å². The van der Waals surface area contributed by atoms with E-state index in [1.54, 1.807) is 13.0 Å². The first-order chi connectivity index (χ1) is 3.85. The van der Waals surface area contributed by atoms with Crippen LogP contribution in [0, 0.1) is 0 Å². The number of aliphatic imine (C=N–C) groups is 1. The van der Waals surface area contributed by atoms with Gasteiger partial charge in [-0.2, -0.15) is 4.99 Å². The molecule has 0 heterocycles. The van der Waals surface area contributed by atoms with Gasteiger partial charge >= 0.3 is 0 Å². The van der Waals surface area contributed by atoms with Gasteiger partial charge in [0.2, 0.25) is 6.08 Å². The Bertz CT molecular complexity index is 152. The van der Waals surface area contributed by atoms with Crippen molar-refractivity contribution in [1.29, 1.82) is 0 Å². The Morgan fingerprint density at radius 2 is 2.50 bits per heavy atom. The maximum Gasteiger partial charge on any atom is 0.240 e. The zero-order valence-electron chi connectivity index (χ0n) is 4.72. The third-order valence-electron chi connectivity index (χ3n) is 0.680. The number of isocyanates is 1. The molecule has 0 atom stereocenters. The fourth-order valence-corrected chi connectivity index (χ4v) is 0.281. The quantitative estimate of drug-likeness (QED) is 0.299. The summed E-state index contributed by atoms with van der Waals surface area (Å²) in [5.74, 6) is 0. The second kappa shape index (κ2) is 4.03. The molecule has 0 radical (unpaired) electrons. The first kappa shape index (κ1) is 6.86. The predicted molar refractivity (Wildman–Crippen MR) is 32.1 cm³/mol. The van der Waals surface area contributed by atoms with Crippen molar-refractivity contribution in [3.63, 3.8) is 0 Å². The van der Waals surface area contributed by atoms with E-state index in [4.69, 9.17) is 0 Å². The monoisotopic (exact) mass is 109 g/mol. The number of hydrogen-bond acceptors (Lipinski definition) is 2. The summed E-state index contributed by atoms with van der Waals surface area (Å²) in [6.07, 6.45) is 4.57. The molecular formula is C6H7NO. The van der Waals surface area contributed by atoms with Crippen LogP contribution in [0.2, 0.25) is 0 Å². The summed E-state index contributed by atoms with van der Waals surface area (Å²) in [7, 11) is 0. The second-order valence-electron chi connectivity index (χ2n) is 1.12. The van der Waals surface area contributed by atoms with Crippen molar-refractivity contribution < 1.29 is 4.79 Å². The maximum atomic E-state index is 9.55. The van der Waals surface area contributed by atoms with Gasteiger partial charge in [0.15, 0.2) is 0 Å². The highest BCUT2D eigenvalue weighted by atomic mass is 16.1. The highest BCUT2D eigenvalue weighted by molar-refractivity contribution is 5.38. The normalized spacial score (nSPS) is 9.88. The summed E-state index contributed by atoms with van der Waals surface area (Å²) >= 11 is 0. The van der Waals surface area contributed by atoms with Crippen molar-refractivity contribution in [2.45, 2.75) is 6.92 Å². The number of carbonyl (C=O) groups excluding carboxylic acids is 1. The average Bonchev–Trinajstić information content (AvgIpc) is 1.83. The van der Waals surface area contributed by atoms with Gasteiger partial charge in [0.1, 0.15) is 0 Å². The molecule has 42 valence electrons. The van der Waals surface area contributed by atoms with Crippen LogP contribution < -0.4 is 0 Å². The maximum absolute atomic E-state index is 9.55. The van der Waals surface area contributed by atoms with Crippen LogP contribution in [0.15, 0.2) is 29.4 Å². The van der Waals surface area contributed by atoms with Crippen molar-refractivity contribution in [2.24, 2.45) is 4.99 Å². The molecular weight excluding hydrogens is 102 g/mol. The Labute approximate surface area is 48.2 Å². The van der Waals surface area contributed by atoms with Gasteiger partial charge in [-0.1, -0.05) is 12.7 Å². The van der Waals surface area contributed by atoms with Gasteiger partial charge < -0.3 is 0 Å². The number of rotatable bonds is 2. The van der Waals surface area contributed by atoms with Crippen LogP contribution in [0.1, 0.15) is 6.92 Å². The third kappa shape index (κ3) is 2.11. The molecule has 0 saturated heterocycles. The summed E-state index contributed by atoms with van der Waals surface area (Å²) in [5.41, 5.74) is 0.556. The highest BCUT2D eigenvalue weighted by Gasteiger charge is 1.77. The molecule has 0 aromatic carbocycles. The molecule has 0 aliphatic heterocycles. The molecule has 2 heteroatoms. The number of allylic oxidation sites excluding steroid dienone is 2. The van der Waals surface area contributed by atoms with Crippen LogP contribution in [-0.2, 0) is 4.79 Å². The molecule has 0 saturated carbocycles. The van der Waals surface area contributed by atoms with Gasteiger partial charge in [-0.15, -0.1) is 0 Å². The molecule has 2 nitrogen and oxygen atoms in total. The van der Waals surface area contributed by atoms with Crippen LogP contribution >= 0.6 is 0 Å². The zero-order valence-corrected chi connectivity index (χ0v) is 4.72. The standard InChI is InChI=1S/C6H7NO/c1-3-6(4-2)7-5-8/h3-4H,1H2,2H3/b6-4+. The lowest BCUT2D eigenvalue weighted by molar-refractivity contribution is 0.565. The summed E-state index contributed by atoms with van der Waals surface area (Å²) in [5, 5.41) is 0. The lowest BCUT2D eigenvalue weighted by Crippen LogP contribution is -1.64. The van der Waals surface area contributed by atoms with Gasteiger partial charge in [0.05, 0.1) is 5.70 Å². The Hall–Kier alpha value is -1.14. The molecule has 0 rings (SSSR count). The molecule has 0 bridgehead atoms. The van der Waals surface area contributed by atoms with Crippen molar-refractivity contribution in [3.8, 4) is 0 Å². The average molecular weight is 109 g/mol. The van der Waals surface area contributed by atoms with Gasteiger partial charge in [0, 0.05) is 0 Å². The van der Waals surface area contributed by atoms with Crippen LogP contribution in [0.5, 0.6) is 0 Å². The first-order valence-corrected chi connectivity index (χ1v) is 2.21. The molecule has 0 fully saturated rings. The molecule has 0 N–H and O–H groups in total. The molecule has 0 spiro atoms. The van der Waals surface area contributed by atoms with Crippen molar-refractivity contribution >= 4 is 6.08 Å². The van der Waals surface area contributed by atoms with Crippen molar-refractivity contribution in [1.82, 2.24) is 0 Å². The summed E-state index contributed by atoms with van der Waals surface area (Å²) < 4.78 is 0. The number of nitrogens with zero attached hydrogens (tertiary/aromatic N) is 1. The Morgan fingerprint density at radius 1 is 1.88 bits per heavy atom. The highest BCUT2D eigenvalue weighted by Crippen LogP contribution is 1.92. The van der Waals surface area contributed by atoms with E-state index < -0.39 is 0 Å². The minimum absolute atomic E-state index is 0.556. The van der Waals surface area contributed by atoms with Crippen LogP contribution in [0.25, 0.3) is 0 Å². The van der Waals surface area contributed by atoms with Crippen molar-refractivity contribution in [3.05, 3.63) is 24.4 Å². The summed E-state index contributed by atoms with van der Waals surface area (Å²) in [4.78, 5) is 12.9. The Morgan fingerprint density at radius 3 is 2.62 bits per heavy atom. The summed E-state index contributed by atoms with van der Waals surface area (Å²) in [6.45, 7) is 5.19. The first-order valence-electron chi connectivity index (χ1n) is 2.21. The Balaban J connectivity index is 4.12. The smallest absolute Gasteiger partial charge is 0.211 e.